The summed E-state index contributed by atoms with van der Waals surface area (Å²) < 4.78 is 31.7. The summed E-state index contributed by atoms with van der Waals surface area (Å²) in [7, 11) is 1.45. The Balaban J connectivity index is 2.20. The van der Waals surface area contributed by atoms with Gasteiger partial charge in [0.25, 0.3) is 0 Å². The monoisotopic (exact) mass is 227 g/mol. The summed E-state index contributed by atoms with van der Waals surface area (Å²) in [5, 5.41) is 3.26. The molecule has 1 aromatic rings. The van der Waals surface area contributed by atoms with Crippen molar-refractivity contribution in [3.8, 4) is 5.75 Å². The normalized spacial score (nSPS) is 20.1. The maximum Gasteiger partial charge on any atom is 0.162 e. The molecule has 1 atom stereocenters. The first-order valence-corrected chi connectivity index (χ1v) is 5.46. The molecule has 1 unspecified atom stereocenters. The number of methoxy groups -OCH3 is 1. The third kappa shape index (κ3) is 2.32. The number of hydrogen-bond donors (Lipinski definition) is 1. The van der Waals surface area contributed by atoms with Crippen LogP contribution in [0.4, 0.5) is 8.78 Å². The molecule has 0 bridgehead atoms. The topological polar surface area (TPSA) is 21.3 Å². The standard InChI is InChI=1S/C12H15F2NO/c1-16-10-6-8(12(14)11(13)7-10)5-9-3-2-4-15-9/h6-7,9,15H,2-5H2,1H3. The second-order valence-corrected chi connectivity index (χ2v) is 4.08. The highest BCUT2D eigenvalue weighted by Gasteiger charge is 2.18. The molecule has 1 N–H and O–H groups in total. The summed E-state index contributed by atoms with van der Waals surface area (Å²) in [4.78, 5) is 0. The molecule has 2 rings (SSSR count). The largest absolute Gasteiger partial charge is 0.497 e. The number of halogens is 2. The van der Waals surface area contributed by atoms with Crippen LogP contribution in [-0.2, 0) is 6.42 Å². The van der Waals surface area contributed by atoms with Crippen molar-refractivity contribution in [1.29, 1.82) is 0 Å². The molecule has 0 spiro atoms. The Hall–Kier alpha value is -1.16. The van der Waals surface area contributed by atoms with Gasteiger partial charge in [-0.25, -0.2) is 8.78 Å². The van der Waals surface area contributed by atoms with E-state index >= 15 is 0 Å². The maximum absolute atomic E-state index is 13.5. The van der Waals surface area contributed by atoms with Crippen LogP contribution in [0.2, 0.25) is 0 Å². The fourth-order valence-electron chi connectivity index (χ4n) is 2.08. The Morgan fingerprint density at radius 3 is 2.88 bits per heavy atom. The van der Waals surface area contributed by atoms with Gasteiger partial charge in [-0.05, 0) is 37.4 Å². The second-order valence-electron chi connectivity index (χ2n) is 4.08. The van der Waals surface area contributed by atoms with Crippen molar-refractivity contribution in [3.05, 3.63) is 29.3 Å². The van der Waals surface area contributed by atoms with E-state index in [1.807, 2.05) is 0 Å². The summed E-state index contributed by atoms with van der Waals surface area (Å²) in [5.41, 5.74) is 0.385. The Labute approximate surface area is 93.6 Å². The molecule has 16 heavy (non-hydrogen) atoms. The van der Waals surface area contributed by atoms with Gasteiger partial charge in [0, 0.05) is 12.1 Å². The summed E-state index contributed by atoms with van der Waals surface area (Å²) >= 11 is 0. The Bertz CT molecular complexity index is 376. The van der Waals surface area contributed by atoms with E-state index in [9.17, 15) is 8.78 Å². The molecule has 0 radical (unpaired) electrons. The lowest BCUT2D eigenvalue weighted by atomic mass is 10.0. The first kappa shape index (κ1) is 11.3. The zero-order chi connectivity index (χ0) is 11.5. The average molecular weight is 227 g/mol. The predicted molar refractivity (Wildman–Crippen MR) is 57.6 cm³/mol. The van der Waals surface area contributed by atoms with E-state index in [0.29, 0.717) is 17.7 Å². The molecular weight excluding hydrogens is 212 g/mol. The van der Waals surface area contributed by atoms with Gasteiger partial charge in [-0.2, -0.15) is 0 Å². The SMILES string of the molecule is COc1cc(F)c(F)c(CC2CCCN2)c1. The first-order chi connectivity index (χ1) is 7.70. The highest BCUT2D eigenvalue weighted by Crippen LogP contribution is 2.23. The number of hydrogen-bond acceptors (Lipinski definition) is 2. The van der Waals surface area contributed by atoms with E-state index in [2.05, 4.69) is 5.32 Å². The van der Waals surface area contributed by atoms with Crippen LogP contribution < -0.4 is 10.1 Å². The van der Waals surface area contributed by atoms with Gasteiger partial charge in [-0.15, -0.1) is 0 Å². The lowest BCUT2D eigenvalue weighted by Gasteiger charge is -2.12. The van der Waals surface area contributed by atoms with Crippen LogP contribution in [0.5, 0.6) is 5.75 Å². The quantitative estimate of drug-likeness (QED) is 0.855. The van der Waals surface area contributed by atoms with Crippen molar-refractivity contribution in [2.45, 2.75) is 25.3 Å². The first-order valence-electron chi connectivity index (χ1n) is 5.46. The minimum atomic E-state index is -0.840. The van der Waals surface area contributed by atoms with Crippen molar-refractivity contribution in [3.63, 3.8) is 0 Å². The van der Waals surface area contributed by atoms with Crippen LogP contribution in [0.25, 0.3) is 0 Å². The Kier molecular flexibility index (Phi) is 3.39. The van der Waals surface area contributed by atoms with Crippen molar-refractivity contribution in [2.75, 3.05) is 13.7 Å². The molecule has 0 aromatic heterocycles. The second kappa shape index (κ2) is 4.78. The zero-order valence-corrected chi connectivity index (χ0v) is 9.22. The molecule has 1 aromatic carbocycles. The fourth-order valence-corrected chi connectivity index (χ4v) is 2.08. The number of rotatable bonds is 3. The van der Waals surface area contributed by atoms with Crippen LogP contribution in [0.15, 0.2) is 12.1 Å². The third-order valence-electron chi connectivity index (χ3n) is 2.94. The minimum absolute atomic E-state index is 0.251. The molecule has 0 amide bonds. The minimum Gasteiger partial charge on any atom is -0.497 e. The van der Waals surface area contributed by atoms with Gasteiger partial charge in [0.2, 0.25) is 0 Å². The molecule has 0 aliphatic carbocycles. The number of benzene rings is 1. The molecule has 0 saturated carbocycles. The van der Waals surface area contributed by atoms with Crippen molar-refractivity contribution in [1.82, 2.24) is 5.32 Å². The summed E-state index contributed by atoms with van der Waals surface area (Å²) in [6, 6.07) is 2.89. The van der Waals surface area contributed by atoms with E-state index in [4.69, 9.17) is 4.74 Å². The summed E-state index contributed by atoms with van der Waals surface area (Å²) in [6.07, 6.45) is 2.62. The van der Waals surface area contributed by atoms with E-state index in [-0.39, 0.29) is 6.04 Å². The third-order valence-corrected chi connectivity index (χ3v) is 2.94. The van der Waals surface area contributed by atoms with E-state index in [1.165, 1.54) is 7.11 Å². The van der Waals surface area contributed by atoms with Gasteiger partial charge < -0.3 is 10.1 Å². The van der Waals surface area contributed by atoms with Gasteiger partial charge in [-0.3, -0.25) is 0 Å². The molecule has 1 saturated heterocycles. The average Bonchev–Trinajstić information content (AvgIpc) is 2.77. The van der Waals surface area contributed by atoms with Gasteiger partial charge >= 0.3 is 0 Å². The van der Waals surface area contributed by atoms with Crippen LogP contribution in [0.3, 0.4) is 0 Å². The highest BCUT2D eigenvalue weighted by molar-refractivity contribution is 5.31. The molecule has 1 fully saturated rings. The lowest BCUT2D eigenvalue weighted by molar-refractivity contribution is 0.403. The molecule has 2 nitrogen and oxygen atoms in total. The molecule has 1 aliphatic heterocycles. The Morgan fingerprint density at radius 1 is 1.44 bits per heavy atom. The molecular formula is C12H15F2NO. The number of nitrogens with one attached hydrogen (secondary N) is 1. The number of ether oxygens (including phenoxy) is 1. The van der Waals surface area contributed by atoms with E-state index < -0.39 is 11.6 Å². The van der Waals surface area contributed by atoms with Crippen molar-refractivity contribution >= 4 is 0 Å². The molecule has 88 valence electrons. The molecule has 1 aliphatic rings. The molecule has 4 heteroatoms. The van der Waals surface area contributed by atoms with Gasteiger partial charge in [0.1, 0.15) is 5.75 Å². The van der Waals surface area contributed by atoms with Gasteiger partial charge in [-0.1, -0.05) is 0 Å². The van der Waals surface area contributed by atoms with Crippen LogP contribution >= 0.6 is 0 Å². The highest BCUT2D eigenvalue weighted by atomic mass is 19.2. The maximum atomic E-state index is 13.5. The van der Waals surface area contributed by atoms with E-state index in [0.717, 1.165) is 25.5 Å². The van der Waals surface area contributed by atoms with Gasteiger partial charge in [0.15, 0.2) is 11.6 Å². The Morgan fingerprint density at radius 2 is 2.25 bits per heavy atom. The van der Waals surface area contributed by atoms with Crippen LogP contribution in [0, 0.1) is 11.6 Å². The summed E-state index contributed by atoms with van der Waals surface area (Å²) in [5.74, 6) is -1.23. The van der Waals surface area contributed by atoms with Crippen molar-refractivity contribution in [2.24, 2.45) is 0 Å². The molecule has 1 heterocycles. The smallest absolute Gasteiger partial charge is 0.162 e. The zero-order valence-electron chi connectivity index (χ0n) is 9.22. The van der Waals surface area contributed by atoms with Crippen molar-refractivity contribution < 1.29 is 13.5 Å². The van der Waals surface area contributed by atoms with Gasteiger partial charge in [0.05, 0.1) is 7.11 Å². The van der Waals surface area contributed by atoms with Crippen LogP contribution in [-0.4, -0.2) is 19.7 Å². The lowest BCUT2D eigenvalue weighted by Crippen LogP contribution is -2.24. The van der Waals surface area contributed by atoms with Crippen LogP contribution in [0.1, 0.15) is 18.4 Å². The summed E-state index contributed by atoms with van der Waals surface area (Å²) in [6.45, 7) is 0.957. The van der Waals surface area contributed by atoms with E-state index in [1.54, 1.807) is 6.07 Å². The fraction of sp³-hybridized carbons (Fsp3) is 0.500. The predicted octanol–water partition coefficient (Wildman–Crippen LogP) is 2.27.